The summed E-state index contributed by atoms with van der Waals surface area (Å²) in [7, 11) is 1.99. The molecule has 6 nitrogen and oxygen atoms in total. The minimum atomic E-state index is -1.91. The molecule has 0 atom stereocenters. The van der Waals surface area contributed by atoms with E-state index in [1.165, 1.54) is 12.0 Å². The van der Waals surface area contributed by atoms with E-state index >= 15 is 0 Å². The second-order valence-electron chi connectivity index (χ2n) is 13.8. The van der Waals surface area contributed by atoms with Crippen LogP contribution in [0.4, 0.5) is 0 Å². The van der Waals surface area contributed by atoms with Crippen LogP contribution in [-0.2, 0) is 33.6 Å². The van der Waals surface area contributed by atoms with Crippen molar-refractivity contribution in [1.29, 1.82) is 0 Å². The SMILES string of the molecule is CCC(C)(C)Cc1cc(-c2[c-]cccc2)nc[c]1[Ge]([CH3])([CH3])[CH3].Cc1ccc2c(n1)oc1c[c-]c(-c3nc4ccncc4n3C)cc12.[Ir]. The second kappa shape index (κ2) is 13.8. The molecule has 0 aliphatic heterocycles. The van der Waals surface area contributed by atoms with E-state index in [1.54, 1.807) is 10.6 Å². The molecule has 7 rings (SSSR count). The van der Waals surface area contributed by atoms with Crippen molar-refractivity contribution < 1.29 is 24.5 Å². The number of fused-ring (bicyclic) bond motifs is 4. The molecule has 0 saturated heterocycles. The number of imidazole rings is 1. The fraction of sp³-hybridized carbons (Fsp3) is 0.282. The van der Waals surface area contributed by atoms with E-state index in [2.05, 4.69) is 90.6 Å². The van der Waals surface area contributed by atoms with Crippen LogP contribution in [0.1, 0.15) is 38.4 Å². The largest absolute Gasteiger partial charge is 0.486 e. The molecular formula is C39H41GeIrN5O-2. The summed E-state index contributed by atoms with van der Waals surface area (Å²) in [5.41, 5.74) is 9.20. The smallest absolute Gasteiger partial charge is 0.216 e. The summed E-state index contributed by atoms with van der Waals surface area (Å²) in [6.45, 7) is 8.96. The Labute approximate surface area is 293 Å². The molecule has 5 heterocycles. The number of furan rings is 1. The molecule has 0 spiro atoms. The number of rotatable bonds is 6. The quantitative estimate of drug-likeness (QED) is 0.123. The topological polar surface area (TPSA) is 69.6 Å². The van der Waals surface area contributed by atoms with Crippen molar-refractivity contribution in [3.8, 4) is 22.6 Å². The second-order valence-corrected chi connectivity index (χ2v) is 24.4. The van der Waals surface area contributed by atoms with Gasteiger partial charge in [-0.05, 0) is 25.1 Å². The van der Waals surface area contributed by atoms with Crippen LogP contribution in [0.25, 0.3) is 55.7 Å². The normalized spacial score (nSPS) is 11.8. The van der Waals surface area contributed by atoms with Crippen molar-refractivity contribution in [2.24, 2.45) is 12.5 Å². The summed E-state index contributed by atoms with van der Waals surface area (Å²) >= 11 is -1.91. The molecule has 0 aliphatic rings. The third kappa shape index (κ3) is 7.43. The van der Waals surface area contributed by atoms with Gasteiger partial charge in [0.2, 0.25) is 5.71 Å². The third-order valence-electron chi connectivity index (χ3n) is 8.74. The molecule has 1 radical (unpaired) electrons. The zero-order valence-corrected chi connectivity index (χ0v) is 32.9. The van der Waals surface area contributed by atoms with Gasteiger partial charge in [-0.1, -0.05) is 5.39 Å². The summed E-state index contributed by atoms with van der Waals surface area (Å²) in [5, 5.41) is 2.03. The summed E-state index contributed by atoms with van der Waals surface area (Å²) in [4.78, 5) is 18.1. The van der Waals surface area contributed by atoms with E-state index in [1.807, 2.05) is 61.1 Å². The van der Waals surface area contributed by atoms with Crippen molar-refractivity contribution in [2.45, 2.75) is 57.8 Å². The van der Waals surface area contributed by atoms with Gasteiger partial charge >= 0.3 is 138 Å². The van der Waals surface area contributed by atoms with Gasteiger partial charge in [-0.25, -0.2) is 4.98 Å². The summed E-state index contributed by atoms with van der Waals surface area (Å²) < 4.78 is 9.41. The molecule has 2 aromatic carbocycles. The Balaban J connectivity index is 0.000000182. The number of aryl methyl sites for hydroxylation is 2. The van der Waals surface area contributed by atoms with Crippen LogP contribution in [0.2, 0.25) is 17.3 Å². The Morgan fingerprint density at radius 1 is 0.936 bits per heavy atom. The van der Waals surface area contributed by atoms with Crippen LogP contribution in [-0.4, -0.2) is 37.8 Å². The van der Waals surface area contributed by atoms with E-state index in [9.17, 15) is 0 Å². The van der Waals surface area contributed by atoms with Crippen LogP contribution in [0.15, 0.2) is 83.7 Å². The standard InChI is InChI=1S/C20H28GeN.C19H13N4O.Ir/c1-7-20(2,3)14-17-13-19(16-11-9-8-10-12-16)22-15-18(17)21(4,5)6;1-11-3-5-13-14-9-12(4-6-17(14)24-19(13)21-11)18-22-15-7-8-20-10-16(15)23(18)2;/h8-11,13,15H,7,14H2,1-6H3;3,5-10H,1-2H3;/q2*-1;. The number of aromatic nitrogens is 5. The van der Waals surface area contributed by atoms with Gasteiger partial charge in [-0.3, -0.25) is 9.97 Å². The van der Waals surface area contributed by atoms with Gasteiger partial charge in [0.25, 0.3) is 0 Å². The minimum Gasteiger partial charge on any atom is -0.486 e. The van der Waals surface area contributed by atoms with Crippen LogP contribution in [0, 0.1) is 24.5 Å². The van der Waals surface area contributed by atoms with Crippen molar-refractivity contribution in [2.75, 3.05) is 0 Å². The molecule has 0 unspecified atom stereocenters. The molecule has 0 saturated carbocycles. The maximum absolute atomic E-state index is 5.83. The van der Waals surface area contributed by atoms with Crippen LogP contribution in [0.3, 0.4) is 0 Å². The van der Waals surface area contributed by atoms with Crippen molar-refractivity contribution in [3.05, 3.63) is 103 Å². The summed E-state index contributed by atoms with van der Waals surface area (Å²) in [5.74, 6) is 8.21. The van der Waals surface area contributed by atoms with Gasteiger partial charge in [0, 0.05) is 44.4 Å². The Hall–Kier alpha value is -3.65. The van der Waals surface area contributed by atoms with Crippen LogP contribution in [0.5, 0.6) is 0 Å². The average Bonchev–Trinajstić information content (AvgIpc) is 3.57. The number of benzene rings is 2. The van der Waals surface area contributed by atoms with Gasteiger partial charge in [-0.2, -0.15) is 0 Å². The predicted octanol–water partition coefficient (Wildman–Crippen LogP) is 9.11. The van der Waals surface area contributed by atoms with E-state index in [-0.39, 0.29) is 20.1 Å². The third-order valence-corrected chi connectivity index (χ3v) is 13.1. The molecule has 243 valence electrons. The van der Waals surface area contributed by atoms with Gasteiger partial charge in [-0.15, -0.1) is 23.8 Å². The van der Waals surface area contributed by atoms with Gasteiger partial charge in [0.05, 0.1) is 28.6 Å². The Bertz CT molecular complexity index is 2160. The van der Waals surface area contributed by atoms with E-state index < -0.39 is 13.3 Å². The van der Waals surface area contributed by atoms with E-state index in [0.717, 1.165) is 62.1 Å². The van der Waals surface area contributed by atoms with Crippen molar-refractivity contribution in [3.63, 3.8) is 0 Å². The molecule has 8 heteroatoms. The fourth-order valence-corrected chi connectivity index (χ4v) is 9.06. The number of hydrogen-bond acceptors (Lipinski definition) is 5. The molecule has 7 aromatic rings. The van der Waals surface area contributed by atoms with E-state index in [4.69, 9.17) is 14.4 Å². The van der Waals surface area contributed by atoms with Gasteiger partial charge in [0.15, 0.2) is 0 Å². The molecule has 0 bridgehead atoms. The Morgan fingerprint density at radius 3 is 2.45 bits per heavy atom. The maximum Gasteiger partial charge on any atom is 0.216 e. The molecule has 0 N–H and O–H groups in total. The van der Waals surface area contributed by atoms with Crippen molar-refractivity contribution >= 4 is 50.8 Å². The average molecular weight is 861 g/mol. The number of nitrogens with zero attached hydrogens (tertiary/aromatic N) is 5. The minimum absolute atomic E-state index is 0. The predicted molar refractivity (Wildman–Crippen MR) is 192 cm³/mol. The summed E-state index contributed by atoms with van der Waals surface area (Å²) in [6.07, 6.45) is 8.05. The van der Waals surface area contributed by atoms with Gasteiger partial charge < -0.3 is 8.98 Å². The maximum atomic E-state index is 5.83. The molecule has 0 fully saturated rings. The first-order valence-electron chi connectivity index (χ1n) is 15.9. The Morgan fingerprint density at radius 2 is 1.74 bits per heavy atom. The van der Waals surface area contributed by atoms with E-state index in [0.29, 0.717) is 11.1 Å². The molecule has 5 aromatic heterocycles. The molecule has 0 aliphatic carbocycles. The molecular weight excluding hydrogens is 819 g/mol. The zero-order chi connectivity index (χ0) is 32.6. The van der Waals surface area contributed by atoms with Crippen LogP contribution < -0.4 is 4.40 Å². The monoisotopic (exact) mass is 862 g/mol. The fourth-order valence-electron chi connectivity index (χ4n) is 5.76. The first kappa shape index (κ1) is 34.7. The zero-order valence-electron chi connectivity index (χ0n) is 28.4. The first-order chi connectivity index (χ1) is 21.9. The van der Waals surface area contributed by atoms with Crippen LogP contribution >= 0.6 is 0 Å². The Kier molecular flexibility index (Phi) is 10.2. The van der Waals surface area contributed by atoms with Gasteiger partial charge in [0.1, 0.15) is 0 Å². The number of hydrogen-bond donors (Lipinski definition) is 0. The first-order valence-corrected chi connectivity index (χ1v) is 23.2. The molecule has 47 heavy (non-hydrogen) atoms. The summed E-state index contributed by atoms with van der Waals surface area (Å²) in [6, 6.07) is 26.9. The number of pyridine rings is 3. The van der Waals surface area contributed by atoms with Crippen molar-refractivity contribution in [1.82, 2.24) is 24.5 Å². The molecule has 0 amide bonds.